The van der Waals surface area contributed by atoms with E-state index in [1.54, 1.807) is 13.0 Å². The zero-order valence-electron chi connectivity index (χ0n) is 9.45. The molecule has 3 heteroatoms. The van der Waals surface area contributed by atoms with Crippen LogP contribution in [0.4, 0.5) is 4.39 Å². The number of aliphatic hydroxyl groups is 1. The largest absolute Gasteiger partial charge is 0.493 e. The van der Waals surface area contributed by atoms with Crippen molar-refractivity contribution in [3.8, 4) is 5.75 Å². The smallest absolute Gasteiger partial charge is 0.125 e. The second-order valence-corrected chi connectivity index (χ2v) is 4.47. The topological polar surface area (TPSA) is 29.5 Å². The first-order valence-electron chi connectivity index (χ1n) is 5.77. The van der Waals surface area contributed by atoms with E-state index in [0.29, 0.717) is 23.8 Å². The molecule has 1 fully saturated rings. The third kappa shape index (κ3) is 2.53. The SMILES string of the molecule is C[C@@H](O)c1cc(F)ccc1OCC1CCC1. The Morgan fingerprint density at radius 3 is 2.81 bits per heavy atom. The van der Waals surface area contributed by atoms with Crippen LogP contribution in [-0.4, -0.2) is 11.7 Å². The molecule has 0 saturated heterocycles. The lowest BCUT2D eigenvalue weighted by molar-refractivity contribution is 0.164. The molecule has 0 heterocycles. The van der Waals surface area contributed by atoms with Gasteiger partial charge in [-0.15, -0.1) is 0 Å². The first-order valence-corrected chi connectivity index (χ1v) is 5.77. The molecule has 2 nitrogen and oxygen atoms in total. The van der Waals surface area contributed by atoms with Crippen LogP contribution in [0, 0.1) is 11.7 Å². The Morgan fingerprint density at radius 2 is 2.25 bits per heavy atom. The van der Waals surface area contributed by atoms with Gasteiger partial charge >= 0.3 is 0 Å². The van der Waals surface area contributed by atoms with Gasteiger partial charge in [-0.3, -0.25) is 0 Å². The summed E-state index contributed by atoms with van der Waals surface area (Å²) in [5.41, 5.74) is 0.527. The van der Waals surface area contributed by atoms with Crippen molar-refractivity contribution in [1.29, 1.82) is 0 Å². The first kappa shape index (κ1) is 11.4. The molecule has 0 bridgehead atoms. The Bertz CT molecular complexity index is 359. The molecular formula is C13H17FO2. The standard InChI is InChI=1S/C13H17FO2/c1-9(15)12-7-11(14)5-6-13(12)16-8-10-3-2-4-10/h5-7,9-10,15H,2-4,8H2,1H3/t9-/m1/s1. The van der Waals surface area contributed by atoms with Gasteiger partial charge in [-0.1, -0.05) is 6.42 Å². The summed E-state index contributed by atoms with van der Waals surface area (Å²) in [5.74, 6) is 0.891. The lowest BCUT2D eigenvalue weighted by atomic mass is 9.86. The molecule has 0 spiro atoms. The number of ether oxygens (including phenoxy) is 1. The molecule has 1 atom stereocenters. The number of hydrogen-bond donors (Lipinski definition) is 1. The van der Waals surface area contributed by atoms with Gasteiger partial charge in [-0.2, -0.15) is 0 Å². The second kappa shape index (κ2) is 4.83. The average molecular weight is 224 g/mol. The van der Waals surface area contributed by atoms with Crippen molar-refractivity contribution < 1.29 is 14.2 Å². The summed E-state index contributed by atoms with van der Waals surface area (Å²) in [5, 5.41) is 9.52. The molecule has 2 rings (SSSR count). The fourth-order valence-electron chi connectivity index (χ4n) is 1.84. The van der Waals surface area contributed by atoms with E-state index in [9.17, 15) is 9.50 Å². The van der Waals surface area contributed by atoms with E-state index in [2.05, 4.69) is 0 Å². The molecule has 1 aromatic carbocycles. The van der Waals surface area contributed by atoms with Crippen LogP contribution >= 0.6 is 0 Å². The average Bonchev–Trinajstić information content (AvgIpc) is 2.17. The maximum atomic E-state index is 13.0. The Morgan fingerprint density at radius 1 is 1.50 bits per heavy atom. The second-order valence-electron chi connectivity index (χ2n) is 4.47. The van der Waals surface area contributed by atoms with Crippen molar-refractivity contribution in [2.75, 3.05) is 6.61 Å². The van der Waals surface area contributed by atoms with Crippen LogP contribution in [0.1, 0.15) is 37.9 Å². The molecule has 0 radical (unpaired) electrons. The highest BCUT2D eigenvalue weighted by Gasteiger charge is 2.19. The van der Waals surface area contributed by atoms with Crippen molar-refractivity contribution in [2.45, 2.75) is 32.3 Å². The van der Waals surface area contributed by atoms with Crippen LogP contribution in [0.3, 0.4) is 0 Å². The van der Waals surface area contributed by atoms with Crippen LogP contribution in [0.15, 0.2) is 18.2 Å². The molecule has 88 valence electrons. The maximum Gasteiger partial charge on any atom is 0.125 e. The van der Waals surface area contributed by atoms with E-state index in [1.807, 2.05) is 0 Å². The van der Waals surface area contributed by atoms with Gasteiger partial charge in [0, 0.05) is 5.56 Å². The Balaban J connectivity index is 2.05. The quantitative estimate of drug-likeness (QED) is 0.851. The van der Waals surface area contributed by atoms with E-state index in [0.717, 1.165) is 0 Å². The summed E-state index contributed by atoms with van der Waals surface area (Å²) in [6.07, 6.45) is 3.00. The number of benzene rings is 1. The molecule has 1 aromatic rings. The molecule has 0 aliphatic heterocycles. The molecular weight excluding hydrogens is 207 g/mol. The molecule has 1 saturated carbocycles. The van der Waals surface area contributed by atoms with Crippen molar-refractivity contribution in [1.82, 2.24) is 0 Å². The molecule has 1 aliphatic rings. The first-order chi connectivity index (χ1) is 7.66. The number of halogens is 1. The molecule has 0 unspecified atom stereocenters. The predicted octanol–water partition coefficient (Wildman–Crippen LogP) is 3.06. The van der Waals surface area contributed by atoms with Gasteiger partial charge < -0.3 is 9.84 Å². The van der Waals surface area contributed by atoms with E-state index in [-0.39, 0.29) is 5.82 Å². The van der Waals surface area contributed by atoms with Gasteiger partial charge in [0.15, 0.2) is 0 Å². The Kier molecular flexibility index (Phi) is 3.44. The zero-order valence-corrected chi connectivity index (χ0v) is 9.45. The molecule has 1 N–H and O–H groups in total. The molecule has 16 heavy (non-hydrogen) atoms. The lowest BCUT2D eigenvalue weighted by Gasteiger charge is -2.26. The van der Waals surface area contributed by atoms with Crippen LogP contribution in [0.25, 0.3) is 0 Å². The summed E-state index contributed by atoms with van der Waals surface area (Å²) in [4.78, 5) is 0. The van der Waals surface area contributed by atoms with E-state index < -0.39 is 6.10 Å². The van der Waals surface area contributed by atoms with Crippen LogP contribution < -0.4 is 4.74 Å². The highest BCUT2D eigenvalue weighted by Crippen LogP contribution is 2.30. The van der Waals surface area contributed by atoms with Crippen molar-refractivity contribution in [3.63, 3.8) is 0 Å². The zero-order chi connectivity index (χ0) is 11.5. The number of hydrogen-bond acceptors (Lipinski definition) is 2. The monoisotopic (exact) mass is 224 g/mol. The van der Waals surface area contributed by atoms with E-state index >= 15 is 0 Å². The summed E-state index contributed by atoms with van der Waals surface area (Å²) in [6, 6.07) is 4.29. The summed E-state index contributed by atoms with van der Waals surface area (Å²) >= 11 is 0. The van der Waals surface area contributed by atoms with Crippen molar-refractivity contribution in [3.05, 3.63) is 29.6 Å². The van der Waals surface area contributed by atoms with Crippen molar-refractivity contribution in [2.24, 2.45) is 5.92 Å². The van der Waals surface area contributed by atoms with Crippen LogP contribution in [0.5, 0.6) is 5.75 Å². The highest BCUT2D eigenvalue weighted by atomic mass is 19.1. The molecule has 1 aliphatic carbocycles. The maximum absolute atomic E-state index is 13.0. The minimum atomic E-state index is -0.702. The minimum Gasteiger partial charge on any atom is -0.493 e. The Hall–Kier alpha value is -1.09. The number of aliphatic hydroxyl groups excluding tert-OH is 1. The summed E-state index contributed by atoms with van der Waals surface area (Å²) in [7, 11) is 0. The summed E-state index contributed by atoms with van der Waals surface area (Å²) in [6.45, 7) is 2.29. The summed E-state index contributed by atoms with van der Waals surface area (Å²) < 4.78 is 18.6. The molecule has 0 aromatic heterocycles. The highest BCUT2D eigenvalue weighted by molar-refractivity contribution is 5.35. The van der Waals surface area contributed by atoms with E-state index in [1.165, 1.54) is 31.4 Å². The van der Waals surface area contributed by atoms with Gasteiger partial charge in [0.2, 0.25) is 0 Å². The predicted molar refractivity (Wildman–Crippen MR) is 59.9 cm³/mol. The molecule has 0 amide bonds. The van der Waals surface area contributed by atoms with Crippen LogP contribution in [-0.2, 0) is 0 Å². The third-order valence-corrected chi connectivity index (χ3v) is 3.12. The fourth-order valence-corrected chi connectivity index (χ4v) is 1.84. The van der Waals surface area contributed by atoms with Gasteiger partial charge in [0.05, 0.1) is 12.7 Å². The number of rotatable bonds is 4. The van der Waals surface area contributed by atoms with Crippen LogP contribution in [0.2, 0.25) is 0 Å². The van der Waals surface area contributed by atoms with Gasteiger partial charge in [0.1, 0.15) is 11.6 Å². The fraction of sp³-hybridized carbons (Fsp3) is 0.538. The van der Waals surface area contributed by atoms with Gasteiger partial charge in [0.25, 0.3) is 0 Å². The lowest BCUT2D eigenvalue weighted by Crippen LogP contribution is -2.19. The third-order valence-electron chi connectivity index (χ3n) is 3.12. The Labute approximate surface area is 95.1 Å². The minimum absolute atomic E-state index is 0.341. The van der Waals surface area contributed by atoms with Gasteiger partial charge in [-0.25, -0.2) is 4.39 Å². The normalized spacial score (nSPS) is 17.9. The van der Waals surface area contributed by atoms with Crippen molar-refractivity contribution >= 4 is 0 Å². The van der Waals surface area contributed by atoms with E-state index in [4.69, 9.17) is 4.74 Å². The van der Waals surface area contributed by atoms with Gasteiger partial charge in [-0.05, 0) is 43.9 Å².